The Hall–Kier alpha value is -1.90. The lowest BCUT2D eigenvalue weighted by Gasteiger charge is -2.50. The maximum Gasteiger partial charge on any atom is 0.311 e. The van der Waals surface area contributed by atoms with Crippen molar-refractivity contribution in [2.75, 3.05) is 0 Å². The molecule has 2 fully saturated rings. The summed E-state index contributed by atoms with van der Waals surface area (Å²) in [5.74, 6) is -0.680. The zero-order valence-electron chi connectivity index (χ0n) is 11.5. The third-order valence-electron chi connectivity index (χ3n) is 5.36. The number of hydrogen-bond acceptors (Lipinski definition) is 3. The van der Waals surface area contributed by atoms with Crippen molar-refractivity contribution in [1.29, 1.82) is 0 Å². The number of Topliss-reactive ketones (excluding diaryl/α,β-unsaturated/α-hetero) is 1. The molecule has 0 amide bonds. The minimum absolute atomic E-state index is 0.0356. The highest BCUT2D eigenvalue weighted by atomic mass is 16.6. The number of allylic oxidation sites excluding steroid dienone is 1. The molecular weight excluding hydrogens is 252 g/mol. The van der Waals surface area contributed by atoms with Crippen LogP contribution in [0.4, 0.5) is 0 Å². The van der Waals surface area contributed by atoms with E-state index < -0.39 is 11.0 Å². The largest absolute Gasteiger partial charge is 0.450 e. The zero-order chi connectivity index (χ0) is 14.1. The van der Waals surface area contributed by atoms with Gasteiger partial charge in [-0.1, -0.05) is 42.5 Å². The Balaban J connectivity index is 1.96. The molecule has 0 radical (unpaired) electrons. The van der Waals surface area contributed by atoms with Crippen molar-refractivity contribution < 1.29 is 14.3 Å². The van der Waals surface area contributed by atoms with Crippen LogP contribution in [0.1, 0.15) is 25.3 Å². The highest BCUT2D eigenvalue weighted by Gasteiger charge is 2.71. The van der Waals surface area contributed by atoms with Gasteiger partial charge in [0.05, 0.1) is 11.3 Å². The lowest BCUT2D eigenvalue weighted by Crippen LogP contribution is -2.59. The molecule has 102 valence electrons. The van der Waals surface area contributed by atoms with E-state index in [1.54, 1.807) is 6.92 Å². The Morgan fingerprint density at radius 3 is 2.50 bits per heavy atom. The molecular formula is C17H16O3. The molecule has 3 nitrogen and oxygen atoms in total. The Morgan fingerprint density at radius 1 is 1.10 bits per heavy atom. The van der Waals surface area contributed by atoms with E-state index in [0.717, 1.165) is 5.56 Å². The second-order valence-electron chi connectivity index (χ2n) is 6.44. The van der Waals surface area contributed by atoms with Crippen molar-refractivity contribution in [3.63, 3.8) is 0 Å². The molecule has 5 unspecified atom stereocenters. The second kappa shape index (κ2) is 3.40. The average molecular weight is 268 g/mol. The van der Waals surface area contributed by atoms with Crippen LogP contribution in [0.3, 0.4) is 0 Å². The van der Waals surface area contributed by atoms with Crippen LogP contribution < -0.4 is 0 Å². The predicted octanol–water partition coefficient (Wildman–Crippen LogP) is 2.48. The van der Waals surface area contributed by atoms with Crippen molar-refractivity contribution in [1.82, 2.24) is 0 Å². The number of esters is 1. The highest BCUT2D eigenvalue weighted by Crippen LogP contribution is 2.63. The first-order valence-corrected chi connectivity index (χ1v) is 7.00. The summed E-state index contributed by atoms with van der Waals surface area (Å²) in [6.45, 7) is 3.70. The van der Waals surface area contributed by atoms with E-state index >= 15 is 0 Å². The maximum atomic E-state index is 12.9. The van der Waals surface area contributed by atoms with Gasteiger partial charge in [-0.15, -0.1) is 0 Å². The normalized spacial score (nSPS) is 44.8. The quantitative estimate of drug-likeness (QED) is 0.580. The molecule has 5 rings (SSSR count). The Kier molecular flexibility index (Phi) is 2.02. The van der Waals surface area contributed by atoms with E-state index in [1.165, 1.54) is 0 Å². The van der Waals surface area contributed by atoms with Gasteiger partial charge in [-0.3, -0.25) is 9.59 Å². The number of rotatable bonds is 1. The Bertz CT molecular complexity index is 647. The molecule has 1 aliphatic heterocycles. The topological polar surface area (TPSA) is 43.4 Å². The van der Waals surface area contributed by atoms with E-state index in [2.05, 4.69) is 0 Å². The molecule has 0 aromatic heterocycles. The van der Waals surface area contributed by atoms with Crippen LogP contribution in [-0.4, -0.2) is 17.4 Å². The fraction of sp³-hybridized carbons (Fsp3) is 0.412. The average Bonchev–Trinajstić information content (AvgIpc) is 2.68. The van der Waals surface area contributed by atoms with Gasteiger partial charge < -0.3 is 4.74 Å². The van der Waals surface area contributed by atoms with Crippen LogP contribution >= 0.6 is 0 Å². The summed E-state index contributed by atoms with van der Waals surface area (Å²) in [6, 6.07) is 9.85. The molecule has 5 atom stereocenters. The zero-order valence-corrected chi connectivity index (χ0v) is 11.5. The monoisotopic (exact) mass is 268 g/mol. The number of benzene rings is 1. The van der Waals surface area contributed by atoms with Crippen molar-refractivity contribution in [3.05, 3.63) is 48.0 Å². The van der Waals surface area contributed by atoms with Crippen LogP contribution in [-0.2, 0) is 14.3 Å². The van der Waals surface area contributed by atoms with Crippen LogP contribution in [0.25, 0.3) is 0 Å². The maximum absolute atomic E-state index is 12.9. The van der Waals surface area contributed by atoms with Gasteiger partial charge in [0.2, 0.25) is 0 Å². The fourth-order valence-corrected chi connectivity index (χ4v) is 4.42. The van der Waals surface area contributed by atoms with Gasteiger partial charge in [0, 0.05) is 11.8 Å². The van der Waals surface area contributed by atoms with Crippen molar-refractivity contribution >= 4 is 11.8 Å². The molecule has 1 aromatic rings. The SMILES string of the molecule is CC12C=CC3C(C(=O)OC3(C)C1=O)C2c1ccccc1. The van der Waals surface area contributed by atoms with Crippen molar-refractivity contribution in [2.45, 2.75) is 25.4 Å². The lowest BCUT2D eigenvalue weighted by molar-refractivity contribution is -0.160. The molecule has 1 heterocycles. The standard InChI is InChI=1S/C17H16O3/c1-16-9-8-11-12(13(16)10-6-4-3-5-7-10)14(18)20-17(11,2)15(16)19/h3-9,11-13H,1-2H3. The smallest absolute Gasteiger partial charge is 0.311 e. The van der Waals surface area contributed by atoms with E-state index in [9.17, 15) is 9.59 Å². The first-order chi connectivity index (χ1) is 9.48. The highest BCUT2D eigenvalue weighted by molar-refractivity contribution is 6.03. The van der Waals surface area contributed by atoms with E-state index in [4.69, 9.17) is 4.74 Å². The molecule has 0 N–H and O–H groups in total. The van der Waals surface area contributed by atoms with Gasteiger partial charge in [0.1, 0.15) is 0 Å². The summed E-state index contributed by atoms with van der Waals surface area (Å²) >= 11 is 0. The van der Waals surface area contributed by atoms with Crippen LogP contribution in [0.5, 0.6) is 0 Å². The Morgan fingerprint density at radius 2 is 1.80 bits per heavy atom. The summed E-state index contributed by atoms with van der Waals surface area (Å²) in [5, 5.41) is 0. The third kappa shape index (κ3) is 1.13. The summed E-state index contributed by atoms with van der Waals surface area (Å²) in [7, 11) is 0. The summed E-state index contributed by atoms with van der Waals surface area (Å²) < 4.78 is 5.50. The molecule has 4 bridgehead atoms. The van der Waals surface area contributed by atoms with Gasteiger partial charge in [0.25, 0.3) is 0 Å². The van der Waals surface area contributed by atoms with Crippen LogP contribution in [0.15, 0.2) is 42.5 Å². The van der Waals surface area contributed by atoms with Gasteiger partial charge >= 0.3 is 5.97 Å². The van der Waals surface area contributed by atoms with E-state index in [1.807, 2.05) is 49.4 Å². The van der Waals surface area contributed by atoms with Crippen LogP contribution in [0, 0.1) is 17.3 Å². The van der Waals surface area contributed by atoms with E-state index in [-0.39, 0.29) is 29.5 Å². The van der Waals surface area contributed by atoms with Crippen LogP contribution in [0.2, 0.25) is 0 Å². The molecule has 3 aliphatic carbocycles. The summed E-state index contributed by atoms with van der Waals surface area (Å²) in [6.07, 6.45) is 3.99. The van der Waals surface area contributed by atoms with Crippen molar-refractivity contribution in [3.8, 4) is 0 Å². The van der Waals surface area contributed by atoms with Crippen molar-refractivity contribution in [2.24, 2.45) is 17.3 Å². The third-order valence-corrected chi connectivity index (χ3v) is 5.36. The predicted molar refractivity (Wildman–Crippen MR) is 72.9 cm³/mol. The summed E-state index contributed by atoms with van der Waals surface area (Å²) in [5.41, 5.74) is -0.568. The first kappa shape index (κ1) is 11.9. The fourth-order valence-electron chi connectivity index (χ4n) is 4.42. The Labute approximate surface area is 117 Å². The van der Waals surface area contributed by atoms with Gasteiger partial charge in [-0.2, -0.15) is 0 Å². The molecule has 1 saturated carbocycles. The number of ketones is 1. The van der Waals surface area contributed by atoms with Gasteiger partial charge in [-0.05, 0) is 19.4 Å². The number of carbonyl (C=O) groups excluding carboxylic acids is 2. The molecule has 4 aliphatic rings. The van der Waals surface area contributed by atoms with Gasteiger partial charge in [-0.25, -0.2) is 0 Å². The molecule has 3 heteroatoms. The molecule has 0 spiro atoms. The number of carbonyl (C=O) groups is 2. The summed E-state index contributed by atoms with van der Waals surface area (Å²) in [4.78, 5) is 25.2. The minimum atomic E-state index is -0.962. The van der Waals surface area contributed by atoms with Gasteiger partial charge in [0.15, 0.2) is 11.4 Å². The number of hydrogen-bond donors (Lipinski definition) is 0. The molecule has 1 aromatic carbocycles. The first-order valence-electron chi connectivity index (χ1n) is 7.00. The molecule has 1 saturated heterocycles. The second-order valence-corrected chi connectivity index (χ2v) is 6.44. The minimum Gasteiger partial charge on any atom is -0.450 e. The lowest BCUT2D eigenvalue weighted by atomic mass is 9.49. The van der Waals surface area contributed by atoms with E-state index in [0.29, 0.717) is 0 Å². The molecule has 20 heavy (non-hydrogen) atoms. The number of ether oxygens (including phenoxy) is 1.